The van der Waals surface area contributed by atoms with Crippen molar-refractivity contribution in [3.8, 4) is 0 Å². The standard InChI is InChI=1S/C19H22Cl2N2O4S/c1-3-27-12-4-11-22-19(24)17-10-7-15(13-18(17)21)23(2)28(25,26)16-8-5-14(20)6-9-16/h5-10,13H,3-4,11-12H2,1-2H3,(H,22,24). The van der Waals surface area contributed by atoms with Gasteiger partial charge < -0.3 is 10.1 Å². The third kappa shape index (κ3) is 5.61. The highest BCUT2D eigenvalue weighted by atomic mass is 35.5. The van der Waals surface area contributed by atoms with E-state index in [1.54, 1.807) is 0 Å². The average molecular weight is 445 g/mol. The van der Waals surface area contributed by atoms with Crippen LogP contribution in [0, 0.1) is 0 Å². The molecule has 2 rings (SSSR count). The maximum Gasteiger partial charge on any atom is 0.264 e. The summed E-state index contributed by atoms with van der Waals surface area (Å²) in [5.74, 6) is -0.323. The second-order valence-corrected chi connectivity index (χ2v) is 8.71. The summed E-state index contributed by atoms with van der Waals surface area (Å²) in [4.78, 5) is 12.4. The van der Waals surface area contributed by atoms with E-state index in [0.717, 1.165) is 4.31 Å². The molecule has 152 valence electrons. The highest BCUT2D eigenvalue weighted by Gasteiger charge is 2.22. The summed E-state index contributed by atoms with van der Waals surface area (Å²) < 4.78 is 31.8. The maximum atomic E-state index is 12.8. The van der Waals surface area contributed by atoms with Crippen LogP contribution in [0.2, 0.25) is 10.0 Å². The van der Waals surface area contributed by atoms with Crippen molar-refractivity contribution in [3.63, 3.8) is 0 Å². The van der Waals surface area contributed by atoms with Crippen LogP contribution in [0.5, 0.6) is 0 Å². The molecule has 0 saturated heterocycles. The molecule has 0 spiro atoms. The molecule has 0 aromatic heterocycles. The van der Waals surface area contributed by atoms with Crippen LogP contribution in [-0.4, -0.2) is 41.1 Å². The molecule has 0 aliphatic carbocycles. The van der Waals surface area contributed by atoms with Crippen molar-refractivity contribution in [2.75, 3.05) is 31.1 Å². The average Bonchev–Trinajstić information content (AvgIpc) is 2.67. The zero-order chi connectivity index (χ0) is 20.7. The van der Waals surface area contributed by atoms with Gasteiger partial charge in [-0.15, -0.1) is 0 Å². The molecular weight excluding hydrogens is 423 g/mol. The van der Waals surface area contributed by atoms with Gasteiger partial charge in [0.05, 0.1) is 21.2 Å². The summed E-state index contributed by atoms with van der Waals surface area (Å²) in [6.45, 7) is 3.57. The number of nitrogens with zero attached hydrogens (tertiary/aromatic N) is 1. The van der Waals surface area contributed by atoms with Crippen molar-refractivity contribution >= 4 is 44.8 Å². The minimum atomic E-state index is -3.78. The lowest BCUT2D eigenvalue weighted by atomic mass is 10.2. The fourth-order valence-electron chi connectivity index (χ4n) is 2.40. The lowest BCUT2D eigenvalue weighted by Crippen LogP contribution is -2.27. The Morgan fingerprint density at radius 3 is 2.43 bits per heavy atom. The van der Waals surface area contributed by atoms with E-state index in [4.69, 9.17) is 27.9 Å². The molecule has 1 amide bonds. The molecule has 0 saturated carbocycles. The number of benzene rings is 2. The van der Waals surface area contributed by atoms with Crippen LogP contribution in [0.15, 0.2) is 47.4 Å². The minimum absolute atomic E-state index is 0.103. The van der Waals surface area contributed by atoms with Gasteiger partial charge in [-0.1, -0.05) is 23.2 Å². The van der Waals surface area contributed by atoms with Crippen molar-refractivity contribution in [1.82, 2.24) is 5.32 Å². The van der Waals surface area contributed by atoms with Crippen LogP contribution >= 0.6 is 23.2 Å². The molecule has 0 fully saturated rings. The highest BCUT2D eigenvalue weighted by molar-refractivity contribution is 7.92. The second kappa shape index (κ2) is 10.1. The van der Waals surface area contributed by atoms with Crippen molar-refractivity contribution in [2.45, 2.75) is 18.2 Å². The second-order valence-electron chi connectivity index (χ2n) is 5.90. The molecule has 2 aromatic rings. The zero-order valence-corrected chi connectivity index (χ0v) is 17.9. The van der Waals surface area contributed by atoms with Crippen molar-refractivity contribution in [1.29, 1.82) is 0 Å². The smallest absolute Gasteiger partial charge is 0.264 e. The Bertz CT molecular complexity index is 918. The Morgan fingerprint density at radius 2 is 1.82 bits per heavy atom. The van der Waals surface area contributed by atoms with Gasteiger partial charge in [-0.3, -0.25) is 9.10 Å². The molecule has 28 heavy (non-hydrogen) atoms. The molecule has 2 aromatic carbocycles. The van der Waals surface area contributed by atoms with Crippen molar-refractivity contribution in [2.24, 2.45) is 0 Å². The van der Waals surface area contributed by atoms with Gasteiger partial charge in [-0.05, 0) is 55.8 Å². The number of nitrogens with one attached hydrogen (secondary N) is 1. The van der Waals surface area contributed by atoms with Gasteiger partial charge in [-0.25, -0.2) is 8.42 Å². The van der Waals surface area contributed by atoms with Gasteiger partial charge in [0.2, 0.25) is 0 Å². The molecule has 6 nitrogen and oxygen atoms in total. The quantitative estimate of drug-likeness (QED) is 0.593. The summed E-state index contributed by atoms with van der Waals surface area (Å²) in [5.41, 5.74) is 0.618. The Kier molecular flexibility index (Phi) is 8.12. The first kappa shape index (κ1) is 22.5. The Hall–Kier alpha value is -1.80. The van der Waals surface area contributed by atoms with E-state index < -0.39 is 10.0 Å². The summed E-state index contributed by atoms with van der Waals surface area (Å²) in [6, 6.07) is 10.4. The van der Waals surface area contributed by atoms with Gasteiger partial charge in [0.15, 0.2) is 0 Å². The van der Waals surface area contributed by atoms with Crippen molar-refractivity contribution in [3.05, 3.63) is 58.1 Å². The van der Waals surface area contributed by atoms with Gasteiger partial charge >= 0.3 is 0 Å². The molecule has 0 unspecified atom stereocenters. The predicted octanol–water partition coefficient (Wildman–Crippen LogP) is 3.97. The number of carbonyl (C=O) groups is 1. The third-order valence-electron chi connectivity index (χ3n) is 3.99. The number of ether oxygens (including phenoxy) is 1. The molecule has 9 heteroatoms. The van der Waals surface area contributed by atoms with Crippen molar-refractivity contribution < 1.29 is 17.9 Å². The number of carbonyl (C=O) groups excluding carboxylic acids is 1. The minimum Gasteiger partial charge on any atom is -0.382 e. The normalized spacial score (nSPS) is 11.3. The first-order valence-electron chi connectivity index (χ1n) is 8.67. The molecule has 0 aliphatic heterocycles. The fourth-order valence-corrected chi connectivity index (χ4v) is 3.98. The predicted molar refractivity (Wildman–Crippen MR) is 112 cm³/mol. The van der Waals surface area contributed by atoms with E-state index in [1.165, 1.54) is 49.5 Å². The topological polar surface area (TPSA) is 75.7 Å². The Morgan fingerprint density at radius 1 is 1.14 bits per heavy atom. The number of anilines is 1. The van der Waals surface area contributed by atoms with E-state index in [9.17, 15) is 13.2 Å². The summed E-state index contributed by atoms with van der Waals surface area (Å²) in [7, 11) is -2.36. The third-order valence-corrected chi connectivity index (χ3v) is 6.35. The lowest BCUT2D eigenvalue weighted by molar-refractivity contribution is 0.0944. The molecule has 0 heterocycles. The lowest BCUT2D eigenvalue weighted by Gasteiger charge is -2.20. The zero-order valence-electron chi connectivity index (χ0n) is 15.6. The monoisotopic (exact) mass is 444 g/mol. The van der Waals surface area contributed by atoms with E-state index in [0.29, 0.717) is 36.9 Å². The van der Waals surface area contributed by atoms with E-state index in [1.807, 2.05) is 6.92 Å². The van der Waals surface area contributed by atoms with Gasteiger partial charge in [0.25, 0.3) is 15.9 Å². The van der Waals surface area contributed by atoms with Crippen LogP contribution in [-0.2, 0) is 14.8 Å². The molecule has 1 N–H and O–H groups in total. The Balaban J connectivity index is 2.12. The number of halogens is 2. The number of hydrogen-bond acceptors (Lipinski definition) is 4. The molecule has 0 radical (unpaired) electrons. The largest absolute Gasteiger partial charge is 0.382 e. The number of sulfonamides is 1. The molecular formula is C19H22Cl2N2O4S. The fraction of sp³-hybridized carbons (Fsp3) is 0.316. The first-order valence-corrected chi connectivity index (χ1v) is 10.9. The molecule has 0 atom stereocenters. The Labute approximate surface area is 175 Å². The van der Waals surface area contributed by atoms with Gasteiger partial charge in [0.1, 0.15) is 0 Å². The van der Waals surface area contributed by atoms with Crippen LogP contribution < -0.4 is 9.62 Å². The van der Waals surface area contributed by atoms with Crippen LogP contribution in [0.3, 0.4) is 0 Å². The summed E-state index contributed by atoms with van der Waals surface area (Å²) in [5, 5.41) is 3.37. The summed E-state index contributed by atoms with van der Waals surface area (Å²) >= 11 is 12.0. The van der Waals surface area contributed by atoms with Gasteiger partial charge in [-0.2, -0.15) is 0 Å². The highest BCUT2D eigenvalue weighted by Crippen LogP contribution is 2.27. The first-order chi connectivity index (χ1) is 13.3. The SMILES string of the molecule is CCOCCCNC(=O)c1ccc(N(C)S(=O)(=O)c2ccc(Cl)cc2)cc1Cl. The number of amides is 1. The van der Waals surface area contributed by atoms with Crippen LogP contribution in [0.1, 0.15) is 23.7 Å². The van der Waals surface area contributed by atoms with Crippen LogP contribution in [0.25, 0.3) is 0 Å². The van der Waals surface area contributed by atoms with Crippen LogP contribution in [0.4, 0.5) is 5.69 Å². The molecule has 0 bridgehead atoms. The summed E-state index contributed by atoms with van der Waals surface area (Å²) in [6.07, 6.45) is 0.692. The van der Waals surface area contributed by atoms with E-state index >= 15 is 0 Å². The number of rotatable bonds is 9. The molecule has 0 aliphatic rings. The van der Waals surface area contributed by atoms with E-state index in [2.05, 4.69) is 5.32 Å². The van der Waals surface area contributed by atoms with Gasteiger partial charge in [0, 0.05) is 31.8 Å². The number of hydrogen-bond donors (Lipinski definition) is 1. The van der Waals surface area contributed by atoms with E-state index in [-0.39, 0.29) is 21.4 Å². The maximum absolute atomic E-state index is 12.8.